The molecule has 0 aliphatic heterocycles. The molecule has 7 heteroatoms. The summed E-state index contributed by atoms with van der Waals surface area (Å²) in [5.74, 6) is -1.30. The summed E-state index contributed by atoms with van der Waals surface area (Å²) < 4.78 is 5.89. The highest BCUT2D eigenvalue weighted by Crippen LogP contribution is 2.17. The van der Waals surface area contributed by atoms with Gasteiger partial charge in [-0.15, -0.1) is 0 Å². The van der Waals surface area contributed by atoms with Crippen LogP contribution in [-0.2, 0) is 9.53 Å². The lowest BCUT2D eigenvalue weighted by Gasteiger charge is -2.09. The number of halogens is 1. The molecule has 1 aromatic heterocycles. The summed E-state index contributed by atoms with van der Waals surface area (Å²) in [7, 11) is 0. The molecule has 2 N–H and O–H groups in total. The summed E-state index contributed by atoms with van der Waals surface area (Å²) in [6, 6.07) is 8.40. The summed E-state index contributed by atoms with van der Waals surface area (Å²) in [5.41, 5.74) is 0.868. The quantitative estimate of drug-likeness (QED) is 0.595. The van der Waals surface area contributed by atoms with E-state index < -0.39 is 24.0 Å². The zero-order chi connectivity index (χ0) is 16.1. The Morgan fingerprint density at radius 1 is 1.32 bits per heavy atom. The molecule has 0 saturated carbocycles. The van der Waals surface area contributed by atoms with Gasteiger partial charge in [0.1, 0.15) is 5.56 Å². The van der Waals surface area contributed by atoms with Crippen LogP contribution in [0.3, 0.4) is 0 Å². The van der Waals surface area contributed by atoms with Gasteiger partial charge in [0.2, 0.25) is 0 Å². The van der Waals surface area contributed by atoms with Gasteiger partial charge in [0.05, 0.1) is 0 Å². The van der Waals surface area contributed by atoms with Crippen LogP contribution in [-0.4, -0.2) is 23.5 Å². The molecule has 0 aliphatic rings. The predicted octanol–water partition coefficient (Wildman–Crippen LogP) is 2.08. The highest BCUT2D eigenvalue weighted by Gasteiger charge is 2.13. The number of hydrogen-bond acceptors (Lipinski definition) is 4. The van der Waals surface area contributed by atoms with Crippen LogP contribution in [0.4, 0.5) is 5.69 Å². The number of rotatable bonds is 4. The minimum Gasteiger partial charge on any atom is -0.452 e. The smallest absolute Gasteiger partial charge is 0.344 e. The largest absolute Gasteiger partial charge is 0.452 e. The lowest BCUT2D eigenvalue weighted by atomic mass is 10.2. The third-order valence-electron chi connectivity index (χ3n) is 2.83. The molecular formula is C15H13IN2O4. The molecule has 1 amide bonds. The van der Waals surface area contributed by atoms with E-state index in [0.29, 0.717) is 5.69 Å². The Kier molecular flexibility index (Phi) is 5.31. The number of carbonyl (C=O) groups excluding carboxylic acids is 2. The molecule has 0 aliphatic carbocycles. The van der Waals surface area contributed by atoms with E-state index in [1.165, 1.54) is 18.3 Å². The maximum Gasteiger partial charge on any atom is 0.344 e. The van der Waals surface area contributed by atoms with Gasteiger partial charge in [-0.2, -0.15) is 0 Å². The van der Waals surface area contributed by atoms with Gasteiger partial charge in [-0.1, -0.05) is 0 Å². The summed E-state index contributed by atoms with van der Waals surface area (Å²) in [5, 5.41) is 2.65. The SMILES string of the molecule is Cc1cc(I)ccc1NC(=O)COC(=O)c1ccc[nH]c1=O. The number of anilines is 1. The minimum absolute atomic E-state index is 0.138. The fourth-order valence-electron chi connectivity index (χ4n) is 1.74. The van der Waals surface area contributed by atoms with Crippen molar-refractivity contribution in [1.29, 1.82) is 0 Å². The number of aromatic nitrogens is 1. The molecule has 114 valence electrons. The first-order chi connectivity index (χ1) is 10.5. The Morgan fingerprint density at radius 2 is 2.09 bits per heavy atom. The molecular weight excluding hydrogens is 399 g/mol. The van der Waals surface area contributed by atoms with Crippen molar-refractivity contribution in [3.63, 3.8) is 0 Å². The van der Waals surface area contributed by atoms with E-state index in [-0.39, 0.29) is 5.56 Å². The third kappa shape index (κ3) is 4.17. The van der Waals surface area contributed by atoms with Crippen molar-refractivity contribution in [2.24, 2.45) is 0 Å². The number of esters is 1. The molecule has 0 atom stereocenters. The monoisotopic (exact) mass is 412 g/mol. The van der Waals surface area contributed by atoms with E-state index in [0.717, 1.165) is 9.13 Å². The fourth-order valence-corrected chi connectivity index (χ4v) is 2.39. The van der Waals surface area contributed by atoms with Gasteiger partial charge in [0, 0.05) is 15.5 Å². The maximum atomic E-state index is 11.8. The first-order valence-corrected chi connectivity index (χ1v) is 7.46. The molecule has 22 heavy (non-hydrogen) atoms. The molecule has 0 saturated heterocycles. The first kappa shape index (κ1) is 16.2. The normalized spacial score (nSPS) is 10.1. The Bertz CT molecular complexity index is 770. The number of hydrogen-bond donors (Lipinski definition) is 2. The van der Waals surface area contributed by atoms with Crippen LogP contribution >= 0.6 is 22.6 Å². The molecule has 0 fully saturated rings. The molecule has 0 radical (unpaired) electrons. The molecule has 1 aromatic carbocycles. The van der Waals surface area contributed by atoms with Gasteiger partial charge in [0.15, 0.2) is 6.61 Å². The molecule has 0 spiro atoms. The second-order valence-corrected chi connectivity index (χ2v) is 5.74. The molecule has 6 nitrogen and oxygen atoms in total. The van der Waals surface area contributed by atoms with Gasteiger partial charge >= 0.3 is 5.97 Å². The van der Waals surface area contributed by atoms with Crippen molar-refractivity contribution >= 4 is 40.2 Å². The average Bonchev–Trinajstić information content (AvgIpc) is 2.48. The average molecular weight is 412 g/mol. The minimum atomic E-state index is -0.837. The number of nitrogens with one attached hydrogen (secondary N) is 2. The number of H-pyrrole nitrogens is 1. The van der Waals surface area contributed by atoms with E-state index >= 15 is 0 Å². The number of amides is 1. The zero-order valence-corrected chi connectivity index (χ0v) is 13.8. The fraction of sp³-hybridized carbons (Fsp3) is 0.133. The van der Waals surface area contributed by atoms with Crippen molar-refractivity contribution in [3.05, 3.63) is 61.6 Å². The van der Waals surface area contributed by atoms with Gasteiger partial charge in [-0.05, 0) is 65.4 Å². The molecule has 0 unspecified atom stereocenters. The van der Waals surface area contributed by atoms with E-state index in [2.05, 4.69) is 32.9 Å². The van der Waals surface area contributed by atoms with Crippen molar-refractivity contribution in [3.8, 4) is 0 Å². The van der Waals surface area contributed by atoms with Crippen molar-refractivity contribution in [1.82, 2.24) is 4.98 Å². The maximum absolute atomic E-state index is 11.8. The topological polar surface area (TPSA) is 88.3 Å². The number of aromatic amines is 1. The summed E-state index contributed by atoms with van der Waals surface area (Å²) >= 11 is 2.18. The summed E-state index contributed by atoms with van der Waals surface area (Å²) in [4.78, 5) is 37.3. The predicted molar refractivity (Wildman–Crippen MR) is 89.9 cm³/mol. The van der Waals surface area contributed by atoms with E-state index in [1.807, 2.05) is 19.1 Å². The number of carbonyl (C=O) groups is 2. The van der Waals surface area contributed by atoms with Crippen LogP contribution in [0.25, 0.3) is 0 Å². The van der Waals surface area contributed by atoms with Crippen LogP contribution in [0.2, 0.25) is 0 Å². The Labute approximate surface area is 140 Å². The second-order valence-electron chi connectivity index (χ2n) is 4.50. The summed E-state index contributed by atoms with van der Waals surface area (Å²) in [6.07, 6.45) is 1.41. The molecule has 2 aromatic rings. The lowest BCUT2D eigenvalue weighted by Crippen LogP contribution is -2.24. The highest BCUT2D eigenvalue weighted by molar-refractivity contribution is 14.1. The number of pyridine rings is 1. The number of aryl methyl sites for hydroxylation is 1. The van der Waals surface area contributed by atoms with E-state index in [1.54, 1.807) is 6.07 Å². The Morgan fingerprint density at radius 3 is 2.77 bits per heavy atom. The van der Waals surface area contributed by atoms with Gasteiger partial charge < -0.3 is 15.0 Å². The third-order valence-corrected chi connectivity index (χ3v) is 3.51. The standard InChI is InChI=1S/C15H13IN2O4/c1-9-7-10(16)4-5-12(9)18-13(19)8-22-15(21)11-3-2-6-17-14(11)20/h2-7H,8H2,1H3,(H,17,20)(H,18,19). The van der Waals surface area contributed by atoms with Crippen molar-refractivity contribution in [2.75, 3.05) is 11.9 Å². The second kappa shape index (κ2) is 7.21. The lowest BCUT2D eigenvalue weighted by molar-refractivity contribution is -0.119. The van der Waals surface area contributed by atoms with Crippen molar-refractivity contribution < 1.29 is 14.3 Å². The van der Waals surface area contributed by atoms with Gasteiger partial charge in [-0.3, -0.25) is 9.59 Å². The van der Waals surface area contributed by atoms with Gasteiger partial charge in [-0.25, -0.2) is 4.79 Å². The van der Waals surface area contributed by atoms with Crippen molar-refractivity contribution in [2.45, 2.75) is 6.92 Å². The highest BCUT2D eigenvalue weighted by atomic mass is 127. The van der Waals surface area contributed by atoms with E-state index in [9.17, 15) is 14.4 Å². The van der Waals surface area contributed by atoms with Gasteiger partial charge in [0.25, 0.3) is 11.5 Å². The van der Waals surface area contributed by atoms with E-state index in [4.69, 9.17) is 4.74 Å². The van der Waals surface area contributed by atoms with Crippen LogP contribution < -0.4 is 10.9 Å². The first-order valence-electron chi connectivity index (χ1n) is 6.38. The molecule has 1 heterocycles. The summed E-state index contributed by atoms with van der Waals surface area (Å²) in [6.45, 7) is 1.41. The molecule has 0 bridgehead atoms. The Balaban J connectivity index is 1.94. The molecule has 2 rings (SSSR count). The zero-order valence-electron chi connectivity index (χ0n) is 11.7. The van der Waals surface area contributed by atoms with Crippen LogP contribution in [0.1, 0.15) is 15.9 Å². The van der Waals surface area contributed by atoms with Crippen LogP contribution in [0.5, 0.6) is 0 Å². The van der Waals surface area contributed by atoms with Crippen LogP contribution in [0, 0.1) is 10.5 Å². The number of benzene rings is 1. The Hall–Kier alpha value is -2.16. The van der Waals surface area contributed by atoms with Crippen LogP contribution in [0.15, 0.2) is 41.3 Å². The number of ether oxygens (including phenoxy) is 1.